The highest BCUT2D eigenvalue weighted by atomic mass is 15.1. The van der Waals surface area contributed by atoms with E-state index in [0.717, 1.165) is 0 Å². The van der Waals surface area contributed by atoms with Crippen LogP contribution in [0, 0.1) is 17.2 Å². The van der Waals surface area contributed by atoms with E-state index in [0.29, 0.717) is 23.6 Å². The van der Waals surface area contributed by atoms with Crippen molar-refractivity contribution in [2.75, 3.05) is 5.32 Å². The van der Waals surface area contributed by atoms with Gasteiger partial charge in [-0.1, -0.05) is 13.8 Å². The Hall–Kier alpha value is -1.63. The van der Waals surface area contributed by atoms with E-state index >= 15 is 0 Å². The lowest BCUT2D eigenvalue weighted by molar-refractivity contribution is 0.556. The van der Waals surface area contributed by atoms with Gasteiger partial charge in [-0.05, 0) is 18.9 Å². The predicted octanol–water partition coefficient (Wildman–Crippen LogP) is 1.80. The third-order valence-corrected chi connectivity index (χ3v) is 2.13. The van der Waals surface area contributed by atoms with Crippen molar-refractivity contribution in [3.63, 3.8) is 0 Å². The summed E-state index contributed by atoms with van der Waals surface area (Å²) in [5.41, 5.74) is 0.387. The van der Waals surface area contributed by atoms with Crippen LogP contribution in [0.1, 0.15) is 26.5 Å². The van der Waals surface area contributed by atoms with E-state index in [2.05, 4.69) is 36.1 Å². The first kappa shape index (κ1) is 10.5. The minimum atomic E-state index is 0.295. The van der Waals surface area contributed by atoms with Gasteiger partial charge in [-0.25, -0.2) is 9.97 Å². The minimum Gasteiger partial charge on any atom is -0.351 e. The number of anilines is 1. The summed E-state index contributed by atoms with van der Waals surface area (Å²) in [6, 6.07) is 3.86. The molecule has 4 nitrogen and oxygen atoms in total. The molecule has 0 spiro atoms. The van der Waals surface area contributed by atoms with Crippen LogP contribution in [0.3, 0.4) is 0 Å². The van der Waals surface area contributed by atoms with Gasteiger partial charge in [-0.2, -0.15) is 5.26 Å². The molecule has 1 aromatic rings. The SMILES string of the molecule is CC(C)C(C)Nc1nccc(C#N)n1. The molecule has 0 amide bonds. The van der Waals surface area contributed by atoms with Gasteiger partial charge >= 0.3 is 0 Å². The van der Waals surface area contributed by atoms with Gasteiger partial charge in [0.25, 0.3) is 0 Å². The second-order valence-electron chi connectivity index (χ2n) is 3.55. The van der Waals surface area contributed by atoms with Crippen LogP contribution in [0.25, 0.3) is 0 Å². The fourth-order valence-electron chi connectivity index (χ4n) is 0.861. The van der Waals surface area contributed by atoms with E-state index in [1.54, 1.807) is 12.3 Å². The predicted molar refractivity (Wildman–Crippen MR) is 54.7 cm³/mol. The molecule has 1 N–H and O–H groups in total. The highest BCUT2D eigenvalue weighted by molar-refractivity contribution is 5.30. The van der Waals surface area contributed by atoms with Crippen molar-refractivity contribution in [2.45, 2.75) is 26.8 Å². The van der Waals surface area contributed by atoms with E-state index < -0.39 is 0 Å². The van der Waals surface area contributed by atoms with Crippen molar-refractivity contribution in [3.05, 3.63) is 18.0 Å². The third kappa shape index (κ3) is 2.70. The largest absolute Gasteiger partial charge is 0.351 e. The molecule has 1 aromatic heterocycles. The number of nitrogens with zero attached hydrogens (tertiary/aromatic N) is 3. The molecule has 0 radical (unpaired) electrons. The molecule has 0 aliphatic carbocycles. The van der Waals surface area contributed by atoms with Crippen LogP contribution in [0.15, 0.2) is 12.3 Å². The molecule has 1 heterocycles. The average molecular weight is 190 g/mol. The number of hydrogen-bond donors (Lipinski definition) is 1. The Morgan fingerprint density at radius 2 is 2.14 bits per heavy atom. The summed E-state index contributed by atoms with van der Waals surface area (Å²) in [7, 11) is 0. The van der Waals surface area contributed by atoms with Gasteiger partial charge in [0, 0.05) is 12.2 Å². The maximum absolute atomic E-state index is 8.64. The number of rotatable bonds is 3. The first-order chi connectivity index (χ1) is 6.63. The molecule has 0 saturated carbocycles. The van der Waals surface area contributed by atoms with Crippen LogP contribution in [-0.2, 0) is 0 Å². The first-order valence-electron chi connectivity index (χ1n) is 4.63. The van der Waals surface area contributed by atoms with Gasteiger partial charge in [0.05, 0.1) is 0 Å². The number of aromatic nitrogens is 2. The van der Waals surface area contributed by atoms with Crippen LogP contribution in [-0.4, -0.2) is 16.0 Å². The monoisotopic (exact) mass is 190 g/mol. The lowest BCUT2D eigenvalue weighted by Crippen LogP contribution is -2.22. The third-order valence-electron chi connectivity index (χ3n) is 2.13. The summed E-state index contributed by atoms with van der Waals surface area (Å²) in [6.07, 6.45) is 1.58. The maximum atomic E-state index is 8.64. The summed E-state index contributed by atoms with van der Waals surface area (Å²) in [5, 5.41) is 11.8. The molecule has 0 aromatic carbocycles. The van der Waals surface area contributed by atoms with Crippen molar-refractivity contribution >= 4 is 5.95 Å². The summed E-state index contributed by atoms with van der Waals surface area (Å²) in [6.45, 7) is 6.30. The standard InChI is InChI=1S/C10H14N4/c1-7(2)8(3)13-10-12-5-4-9(6-11)14-10/h4-5,7-8H,1-3H3,(H,12,13,14). The molecule has 1 unspecified atom stereocenters. The lowest BCUT2D eigenvalue weighted by atomic mass is 10.1. The van der Waals surface area contributed by atoms with Crippen molar-refractivity contribution in [2.24, 2.45) is 5.92 Å². The van der Waals surface area contributed by atoms with Crippen LogP contribution in [0.5, 0.6) is 0 Å². The Morgan fingerprint density at radius 1 is 1.43 bits per heavy atom. The Bertz CT molecular complexity index is 340. The molecule has 0 saturated heterocycles. The molecule has 1 rings (SSSR count). The highest BCUT2D eigenvalue weighted by Gasteiger charge is 2.08. The number of nitriles is 1. The first-order valence-corrected chi connectivity index (χ1v) is 4.63. The summed E-state index contributed by atoms with van der Waals surface area (Å²) >= 11 is 0. The van der Waals surface area contributed by atoms with E-state index in [-0.39, 0.29) is 0 Å². The van der Waals surface area contributed by atoms with Gasteiger partial charge in [0.2, 0.25) is 5.95 Å². The van der Waals surface area contributed by atoms with E-state index in [1.165, 1.54) is 0 Å². The van der Waals surface area contributed by atoms with Crippen molar-refractivity contribution < 1.29 is 0 Å². The fraction of sp³-hybridized carbons (Fsp3) is 0.500. The normalized spacial score (nSPS) is 12.2. The number of nitrogens with one attached hydrogen (secondary N) is 1. The highest BCUT2D eigenvalue weighted by Crippen LogP contribution is 2.07. The second kappa shape index (κ2) is 4.56. The van der Waals surface area contributed by atoms with Crippen LogP contribution in [0.4, 0.5) is 5.95 Å². The zero-order chi connectivity index (χ0) is 10.6. The average Bonchev–Trinajstić information content (AvgIpc) is 2.18. The van der Waals surface area contributed by atoms with Crippen LogP contribution < -0.4 is 5.32 Å². The summed E-state index contributed by atoms with van der Waals surface area (Å²) in [5.74, 6) is 1.02. The Kier molecular flexibility index (Phi) is 3.41. The maximum Gasteiger partial charge on any atom is 0.224 e. The lowest BCUT2D eigenvalue weighted by Gasteiger charge is -2.16. The molecule has 74 valence electrons. The van der Waals surface area contributed by atoms with E-state index in [9.17, 15) is 0 Å². The van der Waals surface area contributed by atoms with Crippen molar-refractivity contribution in [1.82, 2.24) is 9.97 Å². The number of hydrogen-bond acceptors (Lipinski definition) is 4. The van der Waals surface area contributed by atoms with Crippen LogP contribution >= 0.6 is 0 Å². The molecular formula is C10H14N4. The smallest absolute Gasteiger partial charge is 0.224 e. The fourth-order valence-corrected chi connectivity index (χ4v) is 0.861. The molecule has 0 aliphatic heterocycles. The summed E-state index contributed by atoms with van der Waals surface area (Å²) < 4.78 is 0. The van der Waals surface area contributed by atoms with E-state index in [4.69, 9.17) is 5.26 Å². The van der Waals surface area contributed by atoms with Gasteiger partial charge < -0.3 is 5.32 Å². The molecular weight excluding hydrogens is 176 g/mol. The zero-order valence-corrected chi connectivity index (χ0v) is 8.65. The van der Waals surface area contributed by atoms with Gasteiger partial charge in [-0.15, -0.1) is 0 Å². The molecule has 0 aliphatic rings. The molecule has 4 heteroatoms. The Morgan fingerprint density at radius 3 is 2.71 bits per heavy atom. The Labute approximate surface area is 84.0 Å². The minimum absolute atomic E-state index is 0.295. The van der Waals surface area contributed by atoms with Crippen molar-refractivity contribution in [3.8, 4) is 6.07 Å². The van der Waals surface area contributed by atoms with Gasteiger partial charge in [-0.3, -0.25) is 0 Å². The Balaban J connectivity index is 2.73. The van der Waals surface area contributed by atoms with Gasteiger partial charge in [0.15, 0.2) is 0 Å². The van der Waals surface area contributed by atoms with Crippen LogP contribution in [0.2, 0.25) is 0 Å². The van der Waals surface area contributed by atoms with Gasteiger partial charge in [0.1, 0.15) is 11.8 Å². The molecule has 0 bridgehead atoms. The molecule has 0 fully saturated rings. The summed E-state index contributed by atoms with van der Waals surface area (Å²) in [4.78, 5) is 8.07. The zero-order valence-electron chi connectivity index (χ0n) is 8.65. The molecule has 1 atom stereocenters. The quantitative estimate of drug-likeness (QED) is 0.789. The molecule has 14 heavy (non-hydrogen) atoms. The van der Waals surface area contributed by atoms with Crippen molar-refractivity contribution in [1.29, 1.82) is 5.26 Å². The van der Waals surface area contributed by atoms with E-state index in [1.807, 2.05) is 6.07 Å². The second-order valence-corrected chi connectivity index (χ2v) is 3.55. The topological polar surface area (TPSA) is 61.6 Å².